The number of hydrogen-bond donors (Lipinski definition) is 0. The maximum atomic E-state index is 7.96. The summed E-state index contributed by atoms with van der Waals surface area (Å²) in [7, 11) is 0. The van der Waals surface area contributed by atoms with E-state index in [2.05, 4.69) is 20.9 Å². The molecule has 3 heteroatoms. The molecule has 1 heterocycles. The minimum atomic E-state index is -0.176. The van der Waals surface area contributed by atoms with Gasteiger partial charge in [-0.2, -0.15) is 0 Å². The Morgan fingerprint density at radius 2 is 1.88 bits per heavy atom. The van der Waals surface area contributed by atoms with Gasteiger partial charge in [0.1, 0.15) is 5.52 Å². The second kappa shape index (κ2) is 3.76. The first-order valence-electron chi connectivity index (χ1n) is 6.62. The van der Waals surface area contributed by atoms with Crippen molar-refractivity contribution in [2.24, 2.45) is 0 Å². The third-order valence-electron chi connectivity index (χ3n) is 2.10. The SMILES string of the molecule is [2H]c1c([2H])c(-c2nc3ccccc3o2)c([2H])c([2H])c1Br. The van der Waals surface area contributed by atoms with Gasteiger partial charge in [0, 0.05) is 10.0 Å². The predicted octanol–water partition coefficient (Wildman–Crippen LogP) is 4.26. The van der Waals surface area contributed by atoms with Crippen LogP contribution in [0.5, 0.6) is 0 Å². The highest BCUT2D eigenvalue weighted by Gasteiger charge is 2.06. The summed E-state index contributed by atoms with van der Waals surface area (Å²) in [4.78, 5) is 4.23. The summed E-state index contributed by atoms with van der Waals surface area (Å²) in [5, 5.41) is 0. The number of aromatic nitrogens is 1. The Morgan fingerprint density at radius 3 is 2.62 bits per heavy atom. The lowest BCUT2D eigenvalue weighted by Crippen LogP contribution is -1.75. The molecule has 0 aliphatic rings. The van der Waals surface area contributed by atoms with Crippen molar-refractivity contribution >= 4 is 27.0 Å². The van der Waals surface area contributed by atoms with Crippen LogP contribution in [0.2, 0.25) is 0 Å². The van der Waals surface area contributed by atoms with E-state index in [-0.39, 0.29) is 40.1 Å². The topological polar surface area (TPSA) is 26.0 Å². The summed E-state index contributed by atoms with van der Waals surface area (Å²) in [6, 6.07) is 6.46. The molecule has 3 rings (SSSR count). The molecule has 0 amide bonds. The summed E-state index contributed by atoms with van der Waals surface area (Å²) >= 11 is 3.06. The van der Waals surface area contributed by atoms with Crippen molar-refractivity contribution in [3.05, 3.63) is 52.9 Å². The number of rotatable bonds is 1. The van der Waals surface area contributed by atoms with Gasteiger partial charge in [-0.15, -0.1) is 0 Å². The average molecular weight is 278 g/mol. The lowest BCUT2D eigenvalue weighted by Gasteiger charge is -1.94. The monoisotopic (exact) mass is 277 g/mol. The van der Waals surface area contributed by atoms with Gasteiger partial charge < -0.3 is 4.42 Å². The minimum absolute atomic E-state index is 0.0689. The van der Waals surface area contributed by atoms with Gasteiger partial charge in [0.2, 0.25) is 5.89 Å². The van der Waals surface area contributed by atoms with Crippen molar-refractivity contribution in [3.63, 3.8) is 0 Å². The Kier molecular flexibility index (Phi) is 1.46. The van der Waals surface area contributed by atoms with Crippen LogP contribution in [0.1, 0.15) is 5.48 Å². The molecule has 0 radical (unpaired) electrons. The number of para-hydroxylation sites is 2. The van der Waals surface area contributed by atoms with Crippen LogP contribution in [0.4, 0.5) is 0 Å². The van der Waals surface area contributed by atoms with Crippen molar-refractivity contribution in [2.75, 3.05) is 0 Å². The molecule has 0 unspecified atom stereocenters. The van der Waals surface area contributed by atoms with Crippen molar-refractivity contribution in [3.8, 4) is 11.5 Å². The van der Waals surface area contributed by atoms with Crippen LogP contribution in [-0.4, -0.2) is 4.98 Å². The van der Waals surface area contributed by atoms with Crippen LogP contribution in [0, 0.1) is 0 Å². The van der Waals surface area contributed by atoms with E-state index < -0.39 is 0 Å². The highest BCUT2D eigenvalue weighted by atomic mass is 79.9. The molecular formula is C13H8BrNO. The van der Waals surface area contributed by atoms with Crippen molar-refractivity contribution in [1.29, 1.82) is 0 Å². The van der Waals surface area contributed by atoms with Gasteiger partial charge in [-0.25, -0.2) is 4.98 Å². The molecule has 0 bridgehead atoms. The molecule has 78 valence electrons. The van der Waals surface area contributed by atoms with Crippen molar-refractivity contribution < 1.29 is 9.90 Å². The van der Waals surface area contributed by atoms with E-state index in [1.54, 1.807) is 18.2 Å². The van der Waals surface area contributed by atoms with Gasteiger partial charge in [-0.3, -0.25) is 0 Å². The van der Waals surface area contributed by atoms with Crippen LogP contribution >= 0.6 is 15.9 Å². The smallest absolute Gasteiger partial charge is 0.227 e. The number of fused-ring (bicyclic) bond motifs is 1. The predicted molar refractivity (Wildman–Crippen MR) is 67.1 cm³/mol. The zero-order valence-electron chi connectivity index (χ0n) is 12.0. The van der Waals surface area contributed by atoms with Crippen LogP contribution in [0.3, 0.4) is 0 Å². The molecule has 0 atom stereocenters. The summed E-state index contributed by atoms with van der Waals surface area (Å²) in [5.41, 5.74) is 1.23. The zero-order chi connectivity index (χ0) is 14.4. The Morgan fingerprint density at radius 1 is 1.12 bits per heavy atom. The fourth-order valence-corrected chi connectivity index (χ4v) is 1.58. The van der Waals surface area contributed by atoms with Gasteiger partial charge in [-0.05, 0) is 36.3 Å². The standard InChI is InChI=1S/C13H8BrNO/c14-10-7-5-9(6-8-10)13-15-11-3-1-2-4-12(11)16-13/h1-8H/i5D,6D,7D,8D. The number of benzene rings is 2. The summed E-state index contributed by atoms with van der Waals surface area (Å²) in [6.45, 7) is 0. The van der Waals surface area contributed by atoms with E-state index >= 15 is 0 Å². The van der Waals surface area contributed by atoms with Crippen LogP contribution < -0.4 is 0 Å². The van der Waals surface area contributed by atoms with Gasteiger partial charge in [0.05, 0.1) is 5.48 Å². The van der Waals surface area contributed by atoms with Crippen LogP contribution in [-0.2, 0) is 0 Å². The molecule has 2 nitrogen and oxygen atoms in total. The fraction of sp³-hybridized carbons (Fsp3) is 0. The quantitative estimate of drug-likeness (QED) is 0.664. The Balaban J connectivity index is 2.34. The molecule has 0 aliphatic carbocycles. The molecule has 0 spiro atoms. The van der Waals surface area contributed by atoms with Crippen molar-refractivity contribution in [2.45, 2.75) is 0 Å². The molecule has 0 aliphatic heterocycles. The molecule has 3 aromatic rings. The first kappa shape index (κ1) is 6.21. The van der Waals surface area contributed by atoms with E-state index in [9.17, 15) is 0 Å². The van der Waals surface area contributed by atoms with E-state index in [0.717, 1.165) is 0 Å². The van der Waals surface area contributed by atoms with Crippen molar-refractivity contribution in [1.82, 2.24) is 4.98 Å². The lowest BCUT2D eigenvalue weighted by molar-refractivity contribution is 0.620. The zero-order valence-corrected chi connectivity index (χ0v) is 9.63. The van der Waals surface area contributed by atoms with Gasteiger partial charge in [0.15, 0.2) is 5.58 Å². The second-order valence-electron chi connectivity index (χ2n) is 3.18. The van der Waals surface area contributed by atoms with Gasteiger partial charge in [0.25, 0.3) is 0 Å². The molecular weight excluding hydrogens is 266 g/mol. The highest BCUT2D eigenvalue weighted by Crippen LogP contribution is 2.24. The summed E-state index contributed by atoms with van der Waals surface area (Å²) < 4.78 is 37.2. The summed E-state index contributed by atoms with van der Waals surface area (Å²) in [5.74, 6) is 0.0932. The van der Waals surface area contributed by atoms with Crippen LogP contribution in [0.15, 0.2) is 57.3 Å². The number of oxazole rings is 1. The maximum Gasteiger partial charge on any atom is 0.227 e. The average Bonchev–Trinajstić information content (AvgIpc) is 2.86. The minimum Gasteiger partial charge on any atom is -0.436 e. The largest absolute Gasteiger partial charge is 0.436 e. The van der Waals surface area contributed by atoms with E-state index in [4.69, 9.17) is 9.90 Å². The number of halogens is 1. The fourth-order valence-electron chi connectivity index (χ4n) is 1.38. The first-order chi connectivity index (χ1) is 9.50. The Bertz CT molecular complexity index is 769. The first-order valence-corrected chi connectivity index (χ1v) is 5.41. The van der Waals surface area contributed by atoms with Gasteiger partial charge in [-0.1, -0.05) is 28.1 Å². The molecule has 0 saturated carbocycles. The van der Waals surface area contributed by atoms with E-state index in [1.165, 1.54) is 0 Å². The molecule has 16 heavy (non-hydrogen) atoms. The normalized spacial score (nSPS) is 14.3. The molecule has 0 N–H and O–H groups in total. The van der Waals surface area contributed by atoms with E-state index in [0.29, 0.717) is 11.1 Å². The van der Waals surface area contributed by atoms with E-state index in [1.807, 2.05) is 6.07 Å². The second-order valence-corrected chi connectivity index (χ2v) is 3.97. The number of nitrogens with zero attached hydrogens (tertiary/aromatic N) is 1. The molecule has 1 aromatic heterocycles. The third kappa shape index (κ3) is 1.63. The highest BCUT2D eigenvalue weighted by molar-refractivity contribution is 9.10. The Hall–Kier alpha value is -1.61. The molecule has 2 aromatic carbocycles. The molecule has 0 fully saturated rings. The summed E-state index contributed by atoms with van der Waals surface area (Å²) in [6.07, 6.45) is 0. The molecule has 0 saturated heterocycles. The van der Waals surface area contributed by atoms with Crippen LogP contribution in [0.25, 0.3) is 22.6 Å². The lowest BCUT2D eigenvalue weighted by atomic mass is 10.2. The number of hydrogen-bond acceptors (Lipinski definition) is 2. The third-order valence-corrected chi connectivity index (χ3v) is 2.50. The van der Waals surface area contributed by atoms with Gasteiger partial charge >= 0.3 is 0 Å². The maximum absolute atomic E-state index is 7.96. The Labute approximate surface area is 107 Å².